The number of aromatic nitrogens is 4. The maximum absolute atomic E-state index is 12.8. The van der Waals surface area contributed by atoms with E-state index in [1.807, 2.05) is 12.1 Å². The van der Waals surface area contributed by atoms with Crippen LogP contribution in [0, 0.1) is 23.2 Å². The monoisotopic (exact) mass is 381 g/mol. The summed E-state index contributed by atoms with van der Waals surface area (Å²) in [6.45, 7) is 2.33. The van der Waals surface area contributed by atoms with Gasteiger partial charge in [0.05, 0.1) is 30.9 Å². The van der Waals surface area contributed by atoms with Crippen LogP contribution in [0.5, 0.6) is 0 Å². The van der Waals surface area contributed by atoms with E-state index in [4.69, 9.17) is 0 Å². The predicted molar refractivity (Wildman–Crippen MR) is 93.2 cm³/mol. The first-order chi connectivity index (χ1) is 11.7. The van der Waals surface area contributed by atoms with Gasteiger partial charge in [-0.05, 0) is 34.5 Å². The zero-order valence-electron chi connectivity index (χ0n) is 12.8. The van der Waals surface area contributed by atoms with Gasteiger partial charge in [0.1, 0.15) is 11.0 Å². The van der Waals surface area contributed by atoms with Crippen LogP contribution in [0.2, 0.25) is 0 Å². The van der Waals surface area contributed by atoms with Gasteiger partial charge < -0.3 is 4.57 Å². The smallest absolute Gasteiger partial charge is 0.293 e. The lowest BCUT2D eigenvalue weighted by Gasteiger charge is -2.07. The van der Waals surface area contributed by atoms with Gasteiger partial charge in [-0.1, -0.05) is 24.1 Å². The van der Waals surface area contributed by atoms with Gasteiger partial charge in [-0.2, -0.15) is 10.4 Å². The van der Waals surface area contributed by atoms with Gasteiger partial charge in [0, 0.05) is 0 Å². The summed E-state index contributed by atoms with van der Waals surface area (Å²) in [5.74, 6) is 5.74. The Hall–Kier alpha value is -2.90. The van der Waals surface area contributed by atoms with Crippen molar-refractivity contribution in [2.45, 2.75) is 20.0 Å². The molecule has 0 aliphatic heterocycles. The van der Waals surface area contributed by atoms with Crippen molar-refractivity contribution in [3.63, 3.8) is 0 Å². The Morgan fingerprint density at radius 2 is 2.12 bits per heavy atom. The zero-order chi connectivity index (χ0) is 17.1. The highest BCUT2D eigenvalue weighted by Gasteiger charge is 2.15. The third-order valence-corrected chi connectivity index (χ3v) is 4.18. The van der Waals surface area contributed by atoms with E-state index in [1.54, 1.807) is 29.8 Å². The minimum atomic E-state index is -0.267. The maximum atomic E-state index is 12.8. The molecular weight excluding hydrogens is 370 g/mol. The second-order valence-electron chi connectivity index (χ2n) is 5.00. The van der Waals surface area contributed by atoms with Crippen molar-refractivity contribution in [2.75, 3.05) is 0 Å². The Morgan fingerprint density at radius 3 is 2.88 bits per heavy atom. The summed E-state index contributed by atoms with van der Waals surface area (Å²) in [4.78, 5) is 17.1. The molecule has 118 valence electrons. The molecule has 0 saturated heterocycles. The first-order valence-corrected chi connectivity index (χ1v) is 7.94. The van der Waals surface area contributed by atoms with Crippen molar-refractivity contribution >= 4 is 27.0 Å². The third-order valence-electron chi connectivity index (χ3n) is 3.58. The number of fused-ring (bicyclic) bond motifs is 1. The highest BCUT2D eigenvalue weighted by Crippen LogP contribution is 2.16. The molecule has 0 N–H and O–H groups in total. The lowest BCUT2D eigenvalue weighted by molar-refractivity contribution is 0.641. The van der Waals surface area contributed by atoms with E-state index in [1.165, 1.54) is 4.68 Å². The van der Waals surface area contributed by atoms with E-state index in [0.717, 1.165) is 5.56 Å². The first-order valence-electron chi connectivity index (χ1n) is 7.15. The third kappa shape index (κ3) is 2.82. The fraction of sp³-hybridized carbons (Fsp3) is 0.176. The van der Waals surface area contributed by atoms with Gasteiger partial charge in [0.15, 0.2) is 4.73 Å². The minimum absolute atomic E-state index is 0.223. The number of rotatable bonds is 3. The molecule has 0 amide bonds. The summed E-state index contributed by atoms with van der Waals surface area (Å²) in [6, 6.07) is 9.28. The summed E-state index contributed by atoms with van der Waals surface area (Å²) >= 11 is 3.35. The standard InChI is InChI=1S/C17H12BrN5O/c1-2-3-8-22-15-14(21-17(22)18)10-20-23(16(15)24)11-13-7-5-4-6-12(13)9-19/h4-7,10H,8,11H2,1H3. The van der Waals surface area contributed by atoms with Gasteiger partial charge in [0.2, 0.25) is 0 Å². The Bertz CT molecular complexity index is 1080. The van der Waals surface area contributed by atoms with E-state index in [-0.39, 0.29) is 12.1 Å². The van der Waals surface area contributed by atoms with Crippen LogP contribution < -0.4 is 5.56 Å². The average molecular weight is 382 g/mol. The van der Waals surface area contributed by atoms with E-state index in [2.05, 4.69) is 43.9 Å². The van der Waals surface area contributed by atoms with Gasteiger partial charge in [-0.3, -0.25) is 4.79 Å². The number of benzene rings is 1. The maximum Gasteiger partial charge on any atom is 0.293 e. The van der Waals surface area contributed by atoms with Gasteiger partial charge in [-0.25, -0.2) is 9.67 Å². The second kappa shape index (κ2) is 6.69. The molecule has 3 rings (SSSR count). The van der Waals surface area contributed by atoms with Crippen LogP contribution >= 0.6 is 15.9 Å². The molecule has 24 heavy (non-hydrogen) atoms. The SMILES string of the molecule is CC#CCn1c(Br)nc2cnn(Cc3ccccc3C#N)c(=O)c21. The summed E-state index contributed by atoms with van der Waals surface area (Å²) < 4.78 is 3.58. The van der Waals surface area contributed by atoms with Crippen molar-refractivity contribution in [1.82, 2.24) is 19.3 Å². The summed E-state index contributed by atoms with van der Waals surface area (Å²) in [6.07, 6.45) is 1.55. The number of imidazole rings is 1. The van der Waals surface area contributed by atoms with Gasteiger partial charge in [-0.15, -0.1) is 5.92 Å². The molecule has 3 aromatic rings. The minimum Gasteiger partial charge on any atom is -0.302 e. The van der Waals surface area contributed by atoms with Crippen molar-refractivity contribution < 1.29 is 0 Å². The molecule has 0 aliphatic rings. The molecule has 6 nitrogen and oxygen atoms in total. The second-order valence-corrected chi connectivity index (χ2v) is 5.71. The Labute approximate surface area is 146 Å². The Balaban J connectivity index is 2.13. The van der Waals surface area contributed by atoms with Crippen LogP contribution in [0.4, 0.5) is 0 Å². The summed E-state index contributed by atoms with van der Waals surface area (Å²) in [7, 11) is 0. The molecule has 0 aliphatic carbocycles. The molecular formula is C17H12BrN5O. The molecule has 2 heterocycles. The van der Waals surface area contributed by atoms with Gasteiger partial charge in [0.25, 0.3) is 5.56 Å². The fourth-order valence-electron chi connectivity index (χ4n) is 2.40. The largest absolute Gasteiger partial charge is 0.302 e. The van der Waals surface area contributed by atoms with Crippen LogP contribution in [0.3, 0.4) is 0 Å². The van der Waals surface area contributed by atoms with E-state index in [0.29, 0.717) is 27.9 Å². The predicted octanol–water partition coefficient (Wildman–Crippen LogP) is 2.30. The van der Waals surface area contributed by atoms with Crippen LogP contribution in [0.15, 0.2) is 40.0 Å². The molecule has 0 fully saturated rings. The Kier molecular flexibility index (Phi) is 4.45. The first kappa shape index (κ1) is 16.0. The normalized spacial score (nSPS) is 10.2. The number of hydrogen-bond donors (Lipinski definition) is 0. The van der Waals surface area contributed by atoms with Crippen LogP contribution in [-0.4, -0.2) is 19.3 Å². The van der Waals surface area contributed by atoms with Crippen LogP contribution in [0.1, 0.15) is 18.1 Å². The Morgan fingerprint density at radius 1 is 1.33 bits per heavy atom. The van der Waals surface area contributed by atoms with Gasteiger partial charge >= 0.3 is 0 Å². The molecule has 0 unspecified atom stereocenters. The molecule has 2 aromatic heterocycles. The molecule has 0 bridgehead atoms. The molecule has 0 radical (unpaired) electrons. The van der Waals surface area contributed by atoms with Crippen molar-refractivity contribution in [2.24, 2.45) is 0 Å². The number of hydrogen-bond acceptors (Lipinski definition) is 4. The number of nitriles is 1. The highest BCUT2D eigenvalue weighted by molar-refractivity contribution is 9.10. The number of nitrogens with zero attached hydrogens (tertiary/aromatic N) is 5. The fourth-order valence-corrected chi connectivity index (χ4v) is 2.89. The average Bonchev–Trinajstić information content (AvgIpc) is 2.92. The van der Waals surface area contributed by atoms with E-state index < -0.39 is 0 Å². The number of halogens is 1. The summed E-state index contributed by atoms with van der Waals surface area (Å²) in [5.41, 5.74) is 1.95. The highest BCUT2D eigenvalue weighted by atomic mass is 79.9. The van der Waals surface area contributed by atoms with Crippen molar-refractivity contribution in [3.8, 4) is 17.9 Å². The molecule has 0 saturated carbocycles. The van der Waals surface area contributed by atoms with Crippen molar-refractivity contribution in [1.29, 1.82) is 5.26 Å². The topological polar surface area (TPSA) is 76.5 Å². The lowest BCUT2D eigenvalue weighted by atomic mass is 10.1. The zero-order valence-corrected chi connectivity index (χ0v) is 14.4. The molecule has 1 aromatic carbocycles. The quantitative estimate of drug-likeness (QED) is 0.652. The molecule has 0 spiro atoms. The van der Waals surface area contributed by atoms with E-state index >= 15 is 0 Å². The summed E-state index contributed by atoms with van der Waals surface area (Å²) in [5, 5.41) is 13.4. The molecule has 7 heteroatoms. The molecule has 0 atom stereocenters. The lowest BCUT2D eigenvalue weighted by Crippen LogP contribution is -2.25. The van der Waals surface area contributed by atoms with Crippen LogP contribution in [-0.2, 0) is 13.1 Å². The van der Waals surface area contributed by atoms with Crippen molar-refractivity contribution in [3.05, 3.63) is 56.7 Å². The van der Waals surface area contributed by atoms with E-state index in [9.17, 15) is 10.1 Å². The van der Waals surface area contributed by atoms with Crippen LogP contribution in [0.25, 0.3) is 11.0 Å².